The second kappa shape index (κ2) is 2.32. The highest BCUT2D eigenvalue weighted by Crippen LogP contribution is 2.37. The van der Waals surface area contributed by atoms with Crippen molar-refractivity contribution < 1.29 is 9.59 Å². The van der Waals surface area contributed by atoms with Crippen molar-refractivity contribution in [1.29, 1.82) is 0 Å². The number of likely N-dealkylation sites (tertiary alicyclic amines) is 1. The summed E-state index contributed by atoms with van der Waals surface area (Å²) in [5, 5.41) is 3.10. The van der Waals surface area contributed by atoms with Gasteiger partial charge in [-0.15, -0.1) is 0 Å². The molecular formula is C9H12N2O2. The summed E-state index contributed by atoms with van der Waals surface area (Å²) >= 11 is 0. The van der Waals surface area contributed by atoms with Gasteiger partial charge in [-0.1, -0.05) is 0 Å². The lowest BCUT2D eigenvalue weighted by Crippen LogP contribution is -2.36. The van der Waals surface area contributed by atoms with E-state index >= 15 is 0 Å². The predicted octanol–water partition coefficient (Wildman–Crippen LogP) is -0.647. The van der Waals surface area contributed by atoms with Gasteiger partial charge >= 0.3 is 0 Å². The number of hydrogen-bond donors (Lipinski definition) is 1. The van der Waals surface area contributed by atoms with E-state index in [2.05, 4.69) is 5.32 Å². The topological polar surface area (TPSA) is 49.4 Å². The Morgan fingerprint density at radius 3 is 2.08 bits per heavy atom. The van der Waals surface area contributed by atoms with Gasteiger partial charge in [0, 0.05) is 19.1 Å². The fourth-order valence-corrected chi connectivity index (χ4v) is 2.36. The van der Waals surface area contributed by atoms with Crippen LogP contribution in [0.3, 0.4) is 0 Å². The Kier molecular flexibility index (Phi) is 1.34. The molecule has 2 amide bonds. The molecule has 4 heteroatoms. The van der Waals surface area contributed by atoms with Gasteiger partial charge in [0.1, 0.15) is 0 Å². The third kappa shape index (κ3) is 0.892. The summed E-state index contributed by atoms with van der Waals surface area (Å²) in [6.45, 7) is 1.39. The second-order valence-corrected chi connectivity index (χ2v) is 4.15. The molecule has 0 unspecified atom stereocenters. The highest BCUT2D eigenvalue weighted by molar-refractivity contribution is 6.06. The zero-order valence-electron chi connectivity index (χ0n) is 7.32. The van der Waals surface area contributed by atoms with E-state index in [-0.39, 0.29) is 29.7 Å². The normalized spacial score (nSPS) is 38.6. The van der Waals surface area contributed by atoms with Gasteiger partial charge < -0.3 is 5.32 Å². The van der Waals surface area contributed by atoms with Crippen molar-refractivity contribution in [1.82, 2.24) is 10.2 Å². The number of hydrogen-bond acceptors (Lipinski definition) is 3. The monoisotopic (exact) mass is 180 g/mol. The number of rotatable bonds is 1. The molecule has 1 aliphatic carbocycles. The van der Waals surface area contributed by atoms with Crippen LogP contribution in [0.5, 0.6) is 0 Å². The number of fused-ring (bicyclic) bond motifs is 1. The highest BCUT2D eigenvalue weighted by atomic mass is 16.2. The number of imide groups is 1. The molecule has 0 aromatic heterocycles. The van der Waals surface area contributed by atoms with Crippen LogP contribution in [0.2, 0.25) is 0 Å². The number of nitrogens with zero attached hydrogens (tertiary/aromatic N) is 1. The Bertz CT molecular complexity index is 263. The summed E-state index contributed by atoms with van der Waals surface area (Å²) in [4.78, 5) is 25.0. The maximum absolute atomic E-state index is 11.7. The number of nitrogens with one attached hydrogen (secondary N) is 1. The zero-order chi connectivity index (χ0) is 9.00. The summed E-state index contributed by atoms with van der Waals surface area (Å²) in [6.07, 6.45) is 2.04. The zero-order valence-corrected chi connectivity index (χ0v) is 7.32. The second-order valence-electron chi connectivity index (χ2n) is 4.15. The van der Waals surface area contributed by atoms with E-state index in [9.17, 15) is 9.59 Å². The van der Waals surface area contributed by atoms with E-state index in [1.165, 1.54) is 4.90 Å². The molecule has 3 aliphatic rings. The van der Waals surface area contributed by atoms with Crippen LogP contribution in [0.25, 0.3) is 0 Å². The first-order valence-corrected chi connectivity index (χ1v) is 4.86. The van der Waals surface area contributed by atoms with Crippen molar-refractivity contribution in [2.24, 2.45) is 11.8 Å². The molecule has 13 heavy (non-hydrogen) atoms. The van der Waals surface area contributed by atoms with Gasteiger partial charge in [0.25, 0.3) is 0 Å². The van der Waals surface area contributed by atoms with Crippen LogP contribution in [-0.4, -0.2) is 35.8 Å². The fourth-order valence-electron chi connectivity index (χ4n) is 2.36. The molecule has 0 aromatic rings. The van der Waals surface area contributed by atoms with Crippen molar-refractivity contribution in [2.75, 3.05) is 13.1 Å². The first kappa shape index (κ1) is 7.50. The minimum Gasteiger partial charge on any atom is -0.315 e. The van der Waals surface area contributed by atoms with Crippen LogP contribution in [0.4, 0.5) is 0 Å². The first-order chi connectivity index (χ1) is 6.29. The quantitative estimate of drug-likeness (QED) is 0.546. The van der Waals surface area contributed by atoms with E-state index in [0.717, 1.165) is 12.8 Å². The molecule has 3 fully saturated rings. The van der Waals surface area contributed by atoms with E-state index in [1.807, 2.05) is 0 Å². The summed E-state index contributed by atoms with van der Waals surface area (Å²) in [5.74, 6) is 0.0474. The molecule has 4 nitrogen and oxygen atoms in total. The molecule has 3 rings (SSSR count). The lowest BCUT2D eigenvalue weighted by Gasteiger charge is -2.14. The molecule has 0 radical (unpaired) electrons. The van der Waals surface area contributed by atoms with E-state index < -0.39 is 0 Å². The summed E-state index contributed by atoms with van der Waals surface area (Å²) in [5.41, 5.74) is 0. The molecule has 1 N–H and O–H groups in total. The third-order valence-electron chi connectivity index (χ3n) is 3.24. The van der Waals surface area contributed by atoms with Crippen LogP contribution in [0.1, 0.15) is 12.8 Å². The summed E-state index contributed by atoms with van der Waals surface area (Å²) in [7, 11) is 0. The average Bonchev–Trinajstić information content (AvgIpc) is 2.77. The van der Waals surface area contributed by atoms with Crippen LogP contribution >= 0.6 is 0 Å². The molecule has 2 aliphatic heterocycles. The van der Waals surface area contributed by atoms with Gasteiger partial charge in [0.05, 0.1) is 11.8 Å². The molecular weight excluding hydrogens is 168 g/mol. The maximum atomic E-state index is 11.7. The molecule has 0 aromatic carbocycles. The molecule has 2 saturated heterocycles. The minimum absolute atomic E-state index is 0.0481. The Balaban J connectivity index is 1.91. The standard InChI is InChI=1S/C9H12N2O2/c12-8-6-3-10-4-7(6)9(13)11(8)5-1-2-5/h5-7,10H,1-4H2/t6-,7-/m0/s1. The van der Waals surface area contributed by atoms with Crippen LogP contribution < -0.4 is 5.32 Å². The van der Waals surface area contributed by atoms with E-state index in [1.54, 1.807) is 0 Å². The van der Waals surface area contributed by atoms with E-state index in [0.29, 0.717) is 13.1 Å². The van der Waals surface area contributed by atoms with E-state index in [4.69, 9.17) is 0 Å². The largest absolute Gasteiger partial charge is 0.315 e. The molecule has 1 saturated carbocycles. The first-order valence-electron chi connectivity index (χ1n) is 4.86. The summed E-state index contributed by atoms with van der Waals surface area (Å²) < 4.78 is 0. The van der Waals surface area contributed by atoms with Crippen molar-refractivity contribution >= 4 is 11.8 Å². The molecule has 70 valence electrons. The predicted molar refractivity (Wildman–Crippen MR) is 44.7 cm³/mol. The third-order valence-corrected chi connectivity index (χ3v) is 3.24. The minimum atomic E-state index is -0.0481. The van der Waals surface area contributed by atoms with Gasteiger partial charge in [0.2, 0.25) is 11.8 Å². The van der Waals surface area contributed by atoms with Gasteiger partial charge in [-0.05, 0) is 12.8 Å². The van der Waals surface area contributed by atoms with Crippen molar-refractivity contribution in [2.45, 2.75) is 18.9 Å². The molecule has 2 heterocycles. The maximum Gasteiger partial charge on any atom is 0.234 e. The van der Waals surface area contributed by atoms with Crippen molar-refractivity contribution in [3.8, 4) is 0 Å². The Hall–Kier alpha value is -0.900. The fraction of sp³-hybridized carbons (Fsp3) is 0.778. The number of carbonyl (C=O) groups excluding carboxylic acids is 2. The Labute approximate surface area is 76.3 Å². The molecule has 0 spiro atoms. The van der Waals surface area contributed by atoms with Gasteiger partial charge in [-0.3, -0.25) is 14.5 Å². The smallest absolute Gasteiger partial charge is 0.234 e. The Morgan fingerprint density at radius 1 is 1.08 bits per heavy atom. The highest BCUT2D eigenvalue weighted by Gasteiger charge is 2.53. The van der Waals surface area contributed by atoms with Crippen LogP contribution in [0, 0.1) is 11.8 Å². The van der Waals surface area contributed by atoms with Gasteiger partial charge in [0.15, 0.2) is 0 Å². The molecule has 0 bridgehead atoms. The SMILES string of the molecule is O=C1[C@H]2CNC[C@@H]2C(=O)N1C1CC1. The van der Waals surface area contributed by atoms with Crippen LogP contribution in [0.15, 0.2) is 0 Å². The van der Waals surface area contributed by atoms with Gasteiger partial charge in [-0.2, -0.15) is 0 Å². The number of carbonyl (C=O) groups is 2. The van der Waals surface area contributed by atoms with Crippen LogP contribution in [-0.2, 0) is 9.59 Å². The molecule has 2 atom stereocenters. The Morgan fingerprint density at radius 2 is 1.62 bits per heavy atom. The van der Waals surface area contributed by atoms with Crippen molar-refractivity contribution in [3.05, 3.63) is 0 Å². The van der Waals surface area contributed by atoms with Crippen molar-refractivity contribution in [3.63, 3.8) is 0 Å². The lowest BCUT2D eigenvalue weighted by molar-refractivity contribution is -0.140. The lowest BCUT2D eigenvalue weighted by atomic mass is 10.00. The summed E-state index contributed by atoms with van der Waals surface area (Å²) in [6, 6.07) is 0.255. The van der Waals surface area contributed by atoms with Gasteiger partial charge in [-0.25, -0.2) is 0 Å². The average molecular weight is 180 g/mol. The number of amides is 2.